The van der Waals surface area contributed by atoms with Gasteiger partial charge in [-0.1, -0.05) is 24.3 Å². The lowest BCUT2D eigenvalue weighted by Crippen LogP contribution is -2.29. The molecule has 0 bridgehead atoms. The standard InChI is InChI=1S/C22H26N4OS/c1-15-6-5-7-19(16(15)2)22(20-13-25(3)14-23-20)26-11-10-17-8-9-18(12-21(17)26)24-28(4)27/h5-9,12-14,22,24H,10-11H2,1-4H3. The lowest BCUT2D eigenvalue weighted by atomic mass is 9.94. The summed E-state index contributed by atoms with van der Waals surface area (Å²) in [7, 11) is 0.913. The van der Waals surface area contributed by atoms with Crippen molar-refractivity contribution in [1.29, 1.82) is 0 Å². The van der Waals surface area contributed by atoms with Gasteiger partial charge in [-0.05, 0) is 54.7 Å². The monoisotopic (exact) mass is 394 g/mol. The number of nitrogens with one attached hydrogen (secondary N) is 1. The van der Waals surface area contributed by atoms with Crippen molar-refractivity contribution in [2.75, 3.05) is 22.4 Å². The number of rotatable bonds is 5. The van der Waals surface area contributed by atoms with E-state index in [-0.39, 0.29) is 6.04 Å². The highest BCUT2D eigenvalue weighted by Crippen LogP contribution is 2.40. The Balaban J connectivity index is 1.83. The second-order valence-corrected chi connectivity index (χ2v) is 8.61. The minimum atomic E-state index is -1.09. The first-order chi connectivity index (χ1) is 13.4. The highest BCUT2D eigenvalue weighted by molar-refractivity contribution is 7.85. The average Bonchev–Trinajstić information content (AvgIpc) is 3.25. The quantitative estimate of drug-likeness (QED) is 0.714. The molecule has 0 amide bonds. The topological polar surface area (TPSA) is 50.2 Å². The van der Waals surface area contributed by atoms with Crippen LogP contribution in [0.3, 0.4) is 0 Å². The molecule has 2 unspecified atom stereocenters. The van der Waals surface area contributed by atoms with Crippen LogP contribution >= 0.6 is 0 Å². The van der Waals surface area contributed by atoms with Crippen molar-refractivity contribution in [3.05, 3.63) is 76.9 Å². The number of nitrogens with zero attached hydrogens (tertiary/aromatic N) is 3. The number of anilines is 2. The molecule has 0 spiro atoms. The lowest BCUT2D eigenvalue weighted by Gasteiger charge is -2.31. The van der Waals surface area contributed by atoms with Crippen molar-refractivity contribution in [2.45, 2.75) is 26.3 Å². The SMILES string of the molecule is Cc1cccc(C(c2cn(C)cn2)N2CCc3ccc(NS(C)=O)cc32)c1C. The Morgan fingerprint density at radius 3 is 2.75 bits per heavy atom. The van der Waals surface area contributed by atoms with E-state index in [1.165, 1.54) is 27.9 Å². The van der Waals surface area contributed by atoms with Crippen LogP contribution in [-0.4, -0.2) is 26.6 Å². The molecule has 0 fully saturated rings. The van der Waals surface area contributed by atoms with Gasteiger partial charge < -0.3 is 14.2 Å². The molecule has 0 aliphatic carbocycles. The van der Waals surface area contributed by atoms with E-state index < -0.39 is 11.0 Å². The smallest absolute Gasteiger partial charge is 0.113 e. The summed E-state index contributed by atoms with van der Waals surface area (Å²) < 4.78 is 16.7. The Hall–Kier alpha value is -2.60. The van der Waals surface area contributed by atoms with Crippen molar-refractivity contribution >= 4 is 22.4 Å². The summed E-state index contributed by atoms with van der Waals surface area (Å²) >= 11 is 0. The lowest BCUT2D eigenvalue weighted by molar-refractivity contribution is 0.690. The number of imidazole rings is 1. The van der Waals surface area contributed by atoms with Crippen LogP contribution in [0.15, 0.2) is 48.9 Å². The summed E-state index contributed by atoms with van der Waals surface area (Å²) in [5.41, 5.74) is 8.30. The first-order valence-corrected chi connectivity index (χ1v) is 11.0. The molecule has 28 heavy (non-hydrogen) atoms. The molecule has 0 saturated heterocycles. The number of benzene rings is 2. The van der Waals surface area contributed by atoms with Gasteiger partial charge in [0.2, 0.25) is 0 Å². The molecular formula is C22H26N4OS. The van der Waals surface area contributed by atoms with E-state index in [2.05, 4.69) is 60.0 Å². The third kappa shape index (κ3) is 3.44. The molecule has 3 aromatic rings. The van der Waals surface area contributed by atoms with Gasteiger partial charge in [0, 0.05) is 37.4 Å². The summed E-state index contributed by atoms with van der Waals surface area (Å²) in [6.45, 7) is 5.28. The fraction of sp³-hybridized carbons (Fsp3) is 0.318. The van der Waals surface area contributed by atoms with E-state index in [0.29, 0.717) is 0 Å². The fourth-order valence-corrected chi connectivity index (χ4v) is 4.49. The molecular weight excluding hydrogens is 368 g/mol. The maximum Gasteiger partial charge on any atom is 0.113 e. The third-order valence-electron chi connectivity index (χ3n) is 5.54. The molecule has 1 N–H and O–H groups in total. The minimum Gasteiger partial charge on any atom is -0.358 e. The van der Waals surface area contributed by atoms with Crippen LogP contribution in [0.1, 0.15) is 34.0 Å². The van der Waals surface area contributed by atoms with Crippen molar-refractivity contribution in [2.24, 2.45) is 7.05 Å². The molecule has 1 aliphatic rings. The highest BCUT2D eigenvalue weighted by Gasteiger charge is 2.31. The number of fused-ring (bicyclic) bond motifs is 1. The van der Waals surface area contributed by atoms with Crippen molar-refractivity contribution < 1.29 is 4.21 Å². The molecule has 5 nitrogen and oxygen atoms in total. The average molecular weight is 395 g/mol. The van der Waals surface area contributed by atoms with Crippen molar-refractivity contribution in [3.8, 4) is 0 Å². The first kappa shape index (κ1) is 18.7. The van der Waals surface area contributed by atoms with E-state index in [1.54, 1.807) is 6.26 Å². The van der Waals surface area contributed by atoms with Crippen LogP contribution in [-0.2, 0) is 24.5 Å². The fourth-order valence-electron chi connectivity index (χ4n) is 4.03. The van der Waals surface area contributed by atoms with E-state index >= 15 is 0 Å². The number of aryl methyl sites for hydroxylation is 2. The second kappa shape index (κ2) is 7.43. The van der Waals surface area contributed by atoms with Crippen LogP contribution in [0.4, 0.5) is 11.4 Å². The summed E-state index contributed by atoms with van der Waals surface area (Å²) in [6, 6.07) is 12.8. The van der Waals surface area contributed by atoms with Gasteiger partial charge in [0.15, 0.2) is 0 Å². The van der Waals surface area contributed by atoms with Crippen molar-refractivity contribution in [3.63, 3.8) is 0 Å². The maximum absolute atomic E-state index is 11.6. The van der Waals surface area contributed by atoms with E-state index in [1.807, 2.05) is 24.0 Å². The van der Waals surface area contributed by atoms with Gasteiger partial charge in [0.1, 0.15) is 11.0 Å². The van der Waals surface area contributed by atoms with Crippen LogP contribution in [0, 0.1) is 13.8 Å². The number of hydrogen-bond donors (Lipinski definition) is 1. The Kier molecular flexibility index (Phi) is 4.98. The third-order valence-corrected chi connectivity index (χ3v) is 6.06. The molecule has 2 atom stereocenters. The molecule has 1 aromatic heterocycles. The largest absolute Gasteiger partial charge is 0.358 e. The molecule has 0 radical (unpaired) electrons. The summed E-state index contributed by atoms with van der Waals surface area (Å²) in [5.74, 6) is 0. The Morgan fingerprint density at radius 2 is 2.04 bits per heavy atom. The minimum absolute atomic E-state index is 0.0460. The normalized spacial score (nSPS) is 15.4. The van der Waals surface area contributed by atoms with Crippen LogP contribution < -0.4 is 9.62 Å². The van der Waals surface area contributed by atoms with Crippen LogP contribution in [0.2, 0.25) is 0 Å². The molecule has 146 valence electrons. The number of aromatic nitrogens is 2. The molecule has 1 aliphatic heterocycles. The molecule has 6 heteroatoms. The van der Waals surface area contributed by atoms with Gasteiger partial charge >= 0.3 is 0 Å². The first-order valence-electron chi connectivity index (χ1n) is 9.47. The maximum atomic E-state index is 11.6. The highest BCUT2D eigenvalue weighted by atomic mass is 32.2. The van der Waals surface area contributed by atoms with E-state index in [4.69, 9.17) is 4.98 Å². The molecule has 2 aromatic carbocycles. The van der Waals surface area contributed by atoms with Crippen LogP contribution in [0.5, 0.6) is 0 Å². The Morgan fingerprint density at radius 1 is 1.21 bits per heavy atom. The van der Waals surface area contributed by atoms with Crippen LogP contribution in [0.25, 0.3) is 0 Å². The molecule has 4 rings (SSSR count). The van der Waals surface area contributed by atoms with Gasteiger partial charge in [0.25, 0.3) is 0 Å². The van der Waals surface area contributed by atoms with Gasteiger partial charge in [-0.3, -0.25) is 0 Å². The summed E-state index contributed by atoms with van der Waals surface area (Å²) in [5, 5.41) is 0. The van der Waals surface area contributed by atoms with Gasteiger partial charge in [0.05, 0.1) is 18.1 Å². The summed E-state index contributed by atoms with van der Waals surface area (Å²) in [4.78, 5) is 7.14. The zero-order chi connectivity index (χ0) is 19.8. The van der Waals surface area contributed by atoms with E-state index in [9.17, 15) is 4.21 Å². The zero-order valence-electron chi connectivity index (χ0n) is 16.8. The van der Waals surface area contributed by atoms with Gasteiger partial charge in [-0.15, -0.1) is 0 Å². The predicted molar refractivity (Wildman–Crippen MR) is 116 cm³/mol. The molecule has 0 saturated carbocycles. The molecule has 2 heterocycles. The summed E-state index contributed by atoms with van der Waals surface area (Å²) in [6.07, 6.45) is 6.62. The van der Waals surface area contributed by atoms with Crippen molar-refractivity contribution in [1.82, 2.24) is 9.55 Å². The van der Waals surface area contributed by atoms with Gasteiger partial charge in [-0.2, -0.15) is 0 Å². The predicted octanol–water partition coefficient (Wildman–Crippen LogP) is 3.89. The second-order valence-electron chi connectivity index (χ2n) is 7.50. The number of hydrogen-bond acceptors (Lipinski definition) is 3. The van der Waals surface area contributed by atoms with Gasteiger partial charge in [-0.25, -0.2) is 9.19 Å². The Bertz CT molecular complexity index is 1040. The van der Waals surface area contributed by atoms with E-state index in [0.717, 1.165) is 24.3 Å². The zero-order valence-corrected chi connectivity index (χ0v) is 17.6. The Labute approximate surface area is 169 Å².